The van der Waals surface area contributed by atoms with Crippen LogP contribution in [0.5, 0.6) is 28.7 Å². The fourth-order valence-corrected chi connectivity index (χ4v) is 7.05. The van der Waals surface area contributed by atoms with E-state index in [0.717, 1.165) is 60.4 Å². The van der Waals surface area contributed by atoms with E-state index < -0.39 is 28.7 Å². The first-order chi connectivity index (χ1) is 23.3. The molecule has 0 atom stereocenters. The van der Waals surface area contributed by atoms with Gasteiger partial charge in [0, 0.05) is 16.3 Å². The fourth-order valence-electron chi connectivity index (χ4n) is 7.05. The summed E-state index contributed by atoms with van der Waals surface area (Å²) in [4.78, 5) is 0. The van der Waals surface area contributed by atoms with Gasteiger partial charge in [-0.15, -0.1) is 0 Å². The molecule has 8 rings (SSSR count). The predicted molar refractivity (Wildman–Crippen MR) is 194 cm³/mol. The smallest absolute Gasteiger partial charge is 0.208 e. The highest BCUT2D eigenvalue weighted by Crippen LogP contribution is 2.57. The Balaban J connectivity index is 1.37. The summed E-state index contributed by atoms with van der Waals surface area (Å²) < 4.78 is 6.30. The molecule has 6 nitrogen and oxygen atoms in total. The lowest BCUT2D eigenvalue weighted by atomic mass is 9.82. The van der Waals surface area contributed by atoms with Gasteiger partial charge < -0.3 is 29.9 Å². The monoisotopic (exact) mass is 628 g/mol. The van der Waals surface area contributed by atoms with Gasteiger partial charge in [-0.3, -0.25) is 0 Å². The van der Waals surface area contributed by atoms with Crippen LogP contribution in [0.3, 0.4) is 0 Å². The van der Waals surface area contributed by atoms with Crippen LogP contribution < -0.4 is 0 Å². The normalized spacial score (nSPS) is 11.5. The molecular weight excluding hydrogens is 600 g/mol. The minimum atomic E-state index is -1.02. The summed E-state index contributed by atoms with van der Waals surface area (Å²) in [5, 5.41) is 58.5. The Labute approximate surface area is 274 Å². The molecule has 48 heavy (non-hydrogen) atoms. The zero-order valence-electron chi connectivity index (χ0n) is 25.5. The zero-order valence-corrected chi connectivity index (χ0v) is 25.5. The Morgan fingerprint density at radius 2 is 0.979 bits per heavy atom. The summed E-state index contributed by atoms with van der Waals surface area (Å²) in [6.07, 6.45) is 3.25. The fraction of sp³-hybridized carbons (Fsp3) is 0. The molecule has 0 saturated heterocycles. The standard InChI is InChI=1S/C42H28O6/c1-3-25-26(4-2)34(37-38(43)40(45)42(47)41(46)39(37)44)30-13-8-7-12-29(30)33(25)24-18-16-23(17-19-24)28-14-9-15-31-35(28)36-27-11-6-5-10-22(27)20-21-32(36)48-31/h3-21,43-47H,1-2H2. The Morgan fingerprint density at radius 3 is 1.65 bits per heavy atom. The van der Waals surface area contributed by atoms with E-state index in [-0.39, 0.29) is 5.56 Å². The molecule has 1 aromatic heterocycles. The van der Waals surface area contributed by atoms with Gasteiger partial charge in [0.2, 0.25) is 17.2 Å². The first kappa shape index (κ1) is 28.8. The van der Waals surface area contributed by atoms with E-state index in [0.29, 0.717) is 22.1 Å². The van der Waals surface area contributed by atoms with E-state index in [4.69, 9.17) is 4.42 Å². The van der Waals surface area contributed by atoms with Gasteiger partial charge in [0.05, 0.1) is 5.56 Å². The average molecular weight is 629 g/mol. The van der Waals surface area contributed by atoms with Crippen molar-refractivity contribution in [1.29, 1.82) is 0 Å². The first-order valence-electron chi connectivity index (χ1n) is 15.3. The van der Waals surface area contributed by atoms with Crippen LogP contribution in [0.1, 0.15) is 11.1 Å². The van der Waals surface area contributed by atoms with E-state index in [1.807, 2.05) is 66.7 Å². The second kappa shape index (κ2) is 10.7. The molecule has 0 spiro atoms. The summed E-state index contributed by atoms with van der Waals surface area (Å²) in [7, 11) is 0. The van der Waals surface area contributed by atoms with Crippen molar-refractivity contribution in [2.24, 2.45) is 0 Å². The van der Waals surface area contributed by atoms with Crippen LogP contribution in [0, 0.1) is 0 Å². The molecule has 7 aromatic carbocycles. The quantitative estimate of drug-likeness (QED) is 0.0957. The minimum Gasteiger partial charge on any atom is -0.504 e. The number of furan rings is 1. The third kappa shape index (κ3) is 3.99. The first-order valence-corrected chi connectivity index (χ1v) is 15.3. The van der Waals surface area contributed by atoms with Crippen LogP contribution in [0.4, 0.5) is 0 Å². The molecule has 232 valence electrons. The molecule has 6 heteroatoms. The van der Waals surface area contributed by atoms with Crippen LogP contribution in [0.15, 0.2) is 121 Å². The number of aromatic hydroxyl groups is 5. The Kier molecular flexibility index (Phi) is 6.43. The van der Waals surface area contributed by atoms with Gasteiger partial charge in [0.15, 0.2) is 11.5 Å². The number of hydrogen-bond acceptors (Lipinski definition) is 6. The molecule has 0 aliphatic rings. The molecule has 0 amide bonds. The molecule has 0 radical (unpaired) electrons. The second-order valence-electron chi connectivity index (χ2n) is 11.7. The maximum atomic E-state index is 10.9. The van der Waals surface area contributed by atoms with E-state index >= 15 is 0 Å². The Bertz CT molecular complexity index is 2620. The van der Waals surface area contributed by atoms with Crippen molar-refractivity contribution in [1.82, 2.24) is 0 Å². The highest BCUT2D eigenvalue weighted by molar-refractivity contribution is 6.22. The topological polar surface area (TPSA) is 114 Å². The van der Waals surface area contributed by atoms with Crippen molar-refractivity contribution in [2.45, 2.75) is 0 Å². The maximum absolute atomic E-state index is 10.9. The third-order valence-corrected chi connectivity index (χ3v) is 9.20. The van der Waals surface area contributed by atoms with Crippen LogP contribution in [-0.2, 0) is 0 Å². The van der Waals surface area contributed by atoms with Crippen LogP contribution >= 0.6 is 0 Å². The van der Waals surface area contributed by atoms with Crippen LogP contribution in [-0.4, -0.2) is 25.5 Å². The Morgan fingerprint density at radius 1 is 0.438 bits per heavy atom. The highest BCUT2D eigenvalue weighted by atomic mass is 16.4. The molecular formula is C42H28O6. The second-order valence-corrected chi connectivity index (χ2v) is 11.7. The van der Waals surface area contributed by atoms with Crippen LogP contribution in [0.2, 0.25) is 0 Å². The number of hydrogen-bond donors (Lipinski definition) is 5. The van der Waals surface area contributed by atoms with E-state index in [2.05, 4.69) is 49.6 Å². The summed E-state index contributed by atoms with van der Waals surface area (Å²) in [6.45, 7) is 8.11. The van der Waals surface area contributed by atoms with E-state index in [1.165, 1.54) is 0 Å². The van der Waals surface area contributed by atoms with Gasteiger partial charge in [0.1, 0.15) is 11.2 Å². The molecule has 0 aliphatic heterocycles. The maximum Gasteiger partial charge on any atom is 0.208 e. The Hall–Kier alpha value is -6.66. The SMILES string of the molecule is C=Cc1c(C=C)c(-c2c(O)c(O)c(O)c(O)c2O)c2ccccc2c1-c1ccc(-c2cccc3oc4ccc5ccccc5c4c23)cc1. The average Bonchev–Trinajstić information content (AvgIpc) is 3.52. The van der Waals surface area contributed by atoms with E-state index in [9.17, 15) is 25.5 Å². The van der Waals surface area contributed by atoms with Gasteiger partial charge in [-0.05, 0) is 67.1 Å². The van der Waals surface area contributed by atoms with Gasteiger partial charge in [-0.1, -0.05) is 116 Å². The number of benzene rings is 7. The lowest BCUT2D eigenvalue weighted by Crippen LogP contribution is -1.97. The summed E-state index contributed by atoms with van der Waals surface area (Å²) in [6, 6.07) is 34.2. The molecule has 8 aromatic rings. The molecule has 0 fully saturated rings. The van der Waals surface area contributed by atoms with Crippen LogP contribution in [0.25, 0.3) is 89.0 Å². The van der Waals surface area contributed by atoms with Gasteiger partial charge in [0.25, 0.3) is 0 Å². The molecule has 0 unspecified atom stereocenters. The predicted octanol–water partition coefficient (Wildman–Crippen LogP) is 10.7. The third-order valence-electron chi connectivity index (χ3n) is 9.20. The molecule has 1 heterocycles. The van der Waals surface area contributed by atoms with Crippen molar-refractivity contribution < 1.29 is 29.9 Å². The minimum absolute atomic E-state index is 0.244. The highest BCUT2D eigenvalue weighted by Gasteiger charge is 2.29. The van der Waals surface area contributed by atoms with Gasteiger partial charge >= 0.3 is 0 Å². The van der Waals surface area contributed by atoms with Crippen molar-refractivity contribution in [2.75, 3.05) is 0 Å². The van der Waals surface area contributed by atoms with Gasteiger partial charge in [-0.2, -0.15) is 0 Å². The summed E-state index contributed by atoms with van der Waals surface area (Å²) in [5.74, 6) is -4.49. The number of fused-ring (bicyclic) bond motifs is 6. The molecule has 0 saturated carbocycles. The lowest BCUT2D eigenvalue weighted by Gasteiger charge is -2.22. The number of rotatable bonds is 5. The zero-order chi connectivity index (χ0) is 33.3. The summed E-state index contributed by atoms with van der Waals surface area (Å²) in [5.41, 5.74) is 6.65. The molecule has 5 N–H and O–H groups in total. The van der Waals surface area contributed by atoms with Crippen molar-refractivity contribution >= 4 is 55.6 Å². The molecule has 0 bridgehead atoms. The van der Waals surface area contributed by atoms with Gasteiger partial charge in [-0.25, -0.2) is 0 Å². The van der Waals surface area contributed by atoms with E-state index in [1.54, 1.807) is 12.2 Å². The number of phenolic OH excluding ortho intramolecular Hbond substituents is 5. The van der Waals surface area contributed by atoms with Crippen molar-refractivity contribution in [3.63, 3.8) is 0 Å². The molecule has 0 aliphatic carbocycles. The van der Waals surface area contributed by atoms with Crippen molar-refractivity contribution in [3.05, 3.63) is 127 Å². The van der Waals surface area contributed by atoms with Crippen molar-refractivity contribution in [3.8, 4) is 62.1 Å². The largest absolute Gasteiger partial charge is 0.504 e. The number of phenols is 5. The summed E-state index contributed by atoms with van der Waals surface area (Å²) >= 11 is 0. The lowest BCUT2D eigenvalue weighted by molar-refractivity contribution is 0.330.